The second-order valence-electron chi connectivity index (χ2n) is 2.93. The molecule has 1 heterocycles. The van der Waals surface area contributed by atoms with Crippen molar-refractivity contribution >= 4 is 23.7 Å². The summed E-state index contributed by atoms with van der Waals surface area (Å²) in [6.07, 6.45) is -1.08. The molecule has 0 bridgehead atoms. The highest BCUT2D eigenvalue weighted by molar-refractivity contribution is 6.18. The number of imide groups is 1. The van der Waals surface area contributed by atoms with Crippen LogP contribution in [-0.2, 0) is 0 Å². The smallest absolute Gasteiger partial charge is 0.330 e. The summed E-state index contributed by atoms with van der Waals surface area (Å²) in [6.45, 7) is 0.397. The standard InChI is InChI=1S/C7H12ClN3O3/c1-10-4-5(12)11(7(10)14)6(13)9-3-2-8/h5,12H,2-4H2,1H3,(H,9,13). The zero-order valence-electron chi connectivity index (χ0n) is 7.73. The molecule has 4 amide bonds. The molecule has 0 aliphatic carbocycles. The fourth-order valence-corrected chi connectivity index (χ4v) is 1.27. The van der Waals surface area contributed by atoms with E-state index in [2.05, 4.69) is 5.32 Å². The second-order valence-corrected chi connectivity index (χ2v) is 3.31. The van der Waals surface area contributed by atoms with Gasteiger partial charge in [-0.3, -0.25) is 0 Å². The van der Waals surface area contributed by atoms with Gasteiger partial charge < -0.3 is 15.3 Å². The first-order valence-corrected chi connectivity index (χ1v) is 4.67. The molecule has 14 heavy (non-hydrogen) atoms. The molecule has 0 aromatic rings. The Kier molecular flexibility index (Phi) is 3.54. The normalized spacial score (nSPS) is 21.6. The van der Waals surface area contributed by atoms with Gasteiger partial charge in [0.15, 0.2) is 6.23 Å². The van der Waals surface area contributed by atoms with Crippen LogP contribution in [0.5, 0.6) is 0 Å². The number of nitrogens with one attached hydrogen (secondary N) is 1. The number of amides is 4. The minimum absolute atomic E-state index is 0.132. The van der Waals surface area contributed by atoms with Crippen LogP contribution in [0.1, 0.15) is 0 Å². The van der Waals surface area contributed by atoms with Crippen LogP contribution in [0.25, 0.3) is 0 Å². The number of urea groups is 2. The van der Waals surface area contributed by atoms with Gasteiger partial charge in [-0.25, -0.2) is 14.5 Å². The van der Waals surface area contributed by atoms with Gasteiger partial charge in [-0.05, 0) is 0 Å². The number of nitrogens with zero attached hydrogens (tertiary/aromatic N) is 2. The van der Waals surface area contributed by atoms with E-state index in [4.69, 9.17) is 11.6 Å². The molecular weight excluding hydrogens is 210 g/mol. The van der Waals surface area contributed by atoms with Crippen LogP contribution in [-0.4, -0.2) is 59.2 Å². The average molecular weight is 222 g/mol. The zero-order chi connectivity index (χ0) is 10.7. The van der Waals surface area contributed by atoms with E-state index in [1.165, 1.54) is 11.9 Å². The average Bonchev–Trinajstić information content (AvgIpc) is 2.38. The minimum atomic E-state index is -1.08. The molecule has 1 aliphatic rings. The molecule has 1 fully saturated rings. The van der Waals surface area contributed by atoms with E-state index >= 15 is 0 Å². The number of carbonyl (C=O) groups is 2. The Bertz CT molecular complexity index is 248. The molecule has 0 radical (unpaired) electrons. The van der Waals surface area contributed by atoms with Gasteiger partial charge in [0, 0.05) is 19.5 Å². The summed E-state index contributed by atoms with van der Waals surface area (Å²) in [4.78, 5) is 24.7. The van der Waals surface area contributed by atoms with Crippen molar-refractivity contribution in [2.24, 2.45) is 0 Å². The van der Waals surface area contributed by atoms with Crippen molar-refractivity contribution in [1.29, 1.82) is 0 Å². The maximum Gasteiger partial charge on any atom is 0.330 e. The molecule has 1 saturated heterocycles. The summed E-state index contributed by atoms with van der Waals surface area (Å²) >= 11 is 5.36. The van der Waals surface area contributed by atoms with E-state index in [1.54, 1.807) is 0 Å². The third-order valence-corrected chi connectivity index (χ3v) is 2.05. The number of rotatable bonds is 2. The Hall–Kier alpha value is -1.01. The Morgan fingerprint density at radius 1 is 1.79 bits per heavy atom. The first kappa shape index (κ1) is 11.1. The molecule has 0 spiro atoms. The lowest BCUT2D eigenvalue weighted by Gasteiger charge is -2.17. The highest BCUT2D eigenvalue weighted by Gasteiger charge is 2.38. The first-order chi connectivity index (χ1) is 6.57. The summed E-state index contributed by atoms with van der Waals surface area (Å²) in [5.41, 5.74) is 0. The van der Waals surface area contributed by atoms with Crippen molar-refractivity contribution in [3.8, 4) is 0 Å². The van der Waals surface area contributed by atoms with Gasteiger partial charge in [-0.1, -0.05) is 0 Å². The molecule has 1 atom stereocenters. The topological polar surface area (TPSA) is 72.9 Å². The van der Waals surface area contributed by atoms with Crippen molar-refractivity contribution in [2.45, 2.75) is 6.23 Å². The highest BCUT2D eigenvalue weighted by atomic mass is 35.5. The van der Waals surface area contributed by atoms with Crippen LogP contribution in [0.2, 0.25) is 0 Å². The maximum absolute atomic E-state index is 11.3. The van der Waals surface area contributed by atoms with Gasteiger partial charge >= 0.3 is 12.1 Å². The monoisotopic (exact) mass is 221 g/mol. The number of β-amino-alcohol motifs (C(OH)–C–C–N with tert-alkyl or cyclic N) is 1. The Morgan fingerprint density at radius 3 is 2.86 bits per heavy atom. The maximum atomic E-state index is 11.3. The fraction of sp³-hybridized carbons (Fsp3) is 0.714. The van der Waals surface area contributed by atoms with Crippen LogP contribution < -0.4 is 5.32 Å². The van der Waals surface area contributed by atoms with Crippen molar-refractivity contribution in [2.75, 3.05) is 26.0 Å². The van der Waals surface area contributed by atoms with Crippen molar-refractivity contribution in [3.05, 3.63) is 0 Å². The summed E-state index contributed by atoms with van der Waals surface area (Å²) in [5, 5.41) is 11.8. The number of aliphatic hydroxyl groups excluding tert-OH is 1. The lowest BCUT2D eigenvalue weighted by Crippen LogP contribution is -2.46. The number of alkyl halides is 1. The Balaban J connectivity index is 2.58. The molecule has 1 unspecified atom stereocenters. The zero-order valence-corrected chi connectivity index (χ0v) is 8.49. The third kappa shape index (κ3) is 2.08. The lowest BCUT2D eigenvalue weighted by atomic mass is 10.5. The van der Waals surface area contributed by atoms with E-state index in [0.29, 0.717) is 0 Å². The molecule has 0 saturated carbocycles. The van der Waals surface area contributed by atoms with Crippen molar-refractivity contribution < 1.29 is 14.7 Å². The van der Waals surface area contributed by atoms with E-state index in [-0.39, 0.29) is 19.0 Å². The molecule has 1 rings (SSSR count). The molecule has 1 aliphatic heterocycles. The number of carbonyl (C=O) groups excluding carboxylic acids is 2. The van der Waals surface area contributed by atoms with Gasteiger partial charge in [0.2, 0.25) is 0 Å². The van der Waals surface area contributed by atoms with E-state index in [9.17, 15) is 14.7 Å². The first-order valence-electron chi connectivity index (χ1n) is 4.14. The van der Waals surface area contributed by atoms with E-state index in [1.807, 2.05) is 0 Å². The SMILES string of the molecule is CN1CC(O)N(C(=O)NCCCl)C1=O. The van der Waals surface area contributed by atoms with Crippen LogP contribution in [0, 0.1) is 0 Å². The highest BCUT2D eigenvalue weighted by Crippen LogP contribution is 2.11. The minimum Gasteiger partial charge on any atom is -0.371 e. The predicted molar refractivity (Wildman–Crippen MR) is 50.0 cm³/mol. The molecule has 0 aromatic carbocycles. The summed E-state index contributed by atoms with van der Waals surface area (Å²) < 4.78 is 0. The van der Waals surface area contributed by atoms with Crippen LogP contribution >= 0.6 is 11.6 Å². The quantitative estimate of drug-likeness (QED) is 0.625. The van der Waals surface area contributed by atoms with Gasteiger partial charge in [-0.2, -0.15) is 0 Å². The lowest BCUT2D eigenvalue weighted by molar-refractivity contribution is 0.0812. The van der Waals surface area contributed by atoms with Crippen molar-refractivity contribution in [3.63, 3.8) is 0 Å². The van der Waals surface area contributed by atoms with E-state index < -0.39 is 18.3 Å². The summed E-state index contributed by atoms with van der Waals surface area (Å²) in [5.74, 6) is 0.264. The summed E-state index contributed by atoms with van der Waals surface area (Å²) in [7, 11) is 1.51. The molecule has 80 valence electrons. The van der Waals surface area contributed by atoms with Gasteiger partial charge in [0.05, 0.1) is 6.54 Å². The Morgan fingerprint density at radius 2 is 2.43 bits per heavy atom. The molecule has 7 heteroatoms. The molecule has 6 nitrogen and oxygen atoms in total. The molecule has 0 aromatic heterocycles. The van der Waals surface area contributed by atoms with Crippen LogP contribution in [0.3, 0.4) is 0 Å². The van der Waals surface area contributed by atoms with Gasteiger partial charge in [0.1, 0.15) is 0 Å². The second kappa shape index (κ2) is 4.47. The van der Waals surface area contributed by atoms with Crippen molar-refractivity contribution in [1.82, 2.24) is 15.1 Å². The summed E-state index contributed by atoms with van der Waals surface area (Å²) in [6, 6.07) is -1.13. The number of hydrogen-bond donors (Lipinski definition) is 2. The predicted octanol–water partition coefficient (Wildman–Crippen LogP) is -0.379. The number of halogens is 1. The number of likely N-dealkylation sites (N-methyl/N-ethyl adjacent to an activating group) is 1. The Labute approximate surface area is 86.4 Å². The number of hydrogen-bond acceptors (Lipinski definition) is 3. The third-order valence-electron chi connectivity index (χ3n) is 1.86. The van der Waals surface area contributed by atoms with E-state index in [0.717, 1.165) is 4.90 Å². The number of aliphatic hydroxyl groups is 1. The van der Waals surface area contributed by atoms with Gasteiger partial charge in [0.25, 0.3) is 0 Å². The van der Waals surface area contributed by atoms with Gasteiger partial charge in [-0.15, -0.1) is 11.6 Å². The van der Waals surface area contributed by atoms with Crippen LogP contribution in [0.4, 0.5) is 9.59 Å². The van der Waals surface area contributed by atoms with Crippen LogP contribution in [0.15, 0.2) is 0 Å². The fourth-order valence-electron chi connectivity index (χ4n) is 1.18. The largest absolute Gasteiger partial charge is 0.371 e. The molecular formula is C7H12ClN3O3. The molecule has 2 N–H and O–H groups in total.